The van der Waals surface area contributed by atoms with E-state index in [1.54, 1.807) is 6.20 Å². The number of benzene rings is 1. The lowest BCUT2D eigenvalue weighted by Gasteiger charge is -2.06. The number of nitrogens with two attached hydrogens (primary N) is 1. The van der Waals surface area contributed by atoms with E-state index in [9.17, 15) is 0 Å². The number of hydrogen-bond acceptors (Lipinski definition) is 5. The van der Waals surface area contributed by atoms with Gasteiger partial charge in [-0.2, -0.15) is 0 Å². The molecule has 0 aliphatic carbocycles. The maximum atomic E-state index is 5.92. The van der Waals surface area contributed by atoms with Gasteiger partial charge in [0.1, 0.15) is 17.0 Å². The second-order valence-corrected chi connectivity index (χ2v) is 7.63. The van der Waals surface area contributed by atoms with Crippen LogP contribution in [0.1, 0.15) is 0 Å². The van der Waals surface area contributed by atoms with Crippen molar-refractivity contribution in [3.8, 4) is 22.5 Å². The maximum Gasteiger partial charge on any atom is 0.240 e. The van der Waals surface area contributed by atoms with Crippen molar-refractivity contribution in [1.29, 1.82) is 0 Å². The highest BCUT2D eigenvalue weighted by Crippen LogP contribution is 2.38. The average molecular weight is 434 g/mol. The molecule has 0 bridgehead atoms. The molecule has 0 aliphatic rings. The lowest BCUT2D eigenvalue weighted by molar-refractivity contribution is 0.944. The van der Waals surface area contributed by atoms with E-state index in [0.717, 1.165) is 37.5 Å². The summed E-state index contributed by atoms with van der Waals surface area (Å²) in [5.41, 5.74) is 11.2. The van der Waals surface area contributed by atoms with Crippen molar-refractivity contribution in [2.75, 3.05) is 5.73 Å². The van der Waals surface area contributed by atoms with Gasteiger partial charge in [-0.15, -0.1) is 10.2 Å². The number of anilines is 1. The summed E-state index contributed by atoms with van der Waals surface area (Å²) in [6.07, 6.45) is 5.84. The predicted molar refractivity (Wildman–Crippen MR) is 114 cm³/mol. The number of aromatic nitrogens is 6. The summed E-state index contributed by atoms with van der Waals surface area (Å²) < 4.78 is 4.95. The summed E-state index contributed by atoms with van der Waals surface area (Å²) in [4.78, 5) is 9.09. The molecule has 4 heterocycles. The van der Waals surface area contributed by atoms with Gasteiger partial charge in [-0.1, -0.05) is 18.2 Å². The molecule has 7 nitrogen and oxygen atoms in total. The van der Waals surface area contributed by atoms with Crippen LogP contribution in [0.2, 0.25) is 0 Å². The number of rotatable bonds is 2. The third-order valence-electron chi connectivity index (χ3n) is 4.89. The van der Waals surface area contributed by atoms with Gasteiger partial charge in [-0.25, -0.2) is 9.97 Å². The van der Waals surface area contributed by atoms with Gasteiger partial charge in [-0.05, 0) is 28.1 Å². The second kappa shape index (κ2) is 6.13. The molecule has 0 atom stereocenters. The monoisotopic (exact) mass is 433 g/mol. The lowest BCUT2D eigenvalue weighted by Crippen LogP contribution is -2.02. The number of nitrogen functional groups attached to an aromatic ring is 1. The second-order valence-electron chi connectivity index (χ2n) is 6.72. The quantitative estimate of drug-likeness (QED) is 0.455. The van der Waals surface area contributed by atoms with E-state index in [4.69, 9.17) is 5.73 Å². The average Bonchev–Trinajstić information content (AvgIpc) is 3.19. The standard InChI is InChI=1S/C20H16BrN7/c1-27-9-14(12-5-3-4-6-16(12)27)17-18(25-26-20(22)24-17)15-10-28(2)19-13(15)7-11(21)8-23-19/h3-10H,1-2H3,(H2,22,24,26). The molecule has 0 unspecified atom stereocenters. The van der Waals surface area contributed by atoms with E-state index >= 15 is 0 Å². The first-order valence-corrected chi connectivity index (χ1v) is 9.48. The minimum atomic E-state index is 0.145. The van der Waals surface area contributed by atoms with Crippen molar-refractivity contribution in [2.24, 2.45) is 14.1 Å². The third-order valence-corrected chi connectivity index (χ3v) is 5.32. The number of nitrogens with zero attached hydrogens (tertiary/aromatic N) is 6. The summed E-state index contributed by atoms with van der Waals surface area (Å²) in [5, 5.41) is 10.5. The number of hydrogen-bond donors (Lipinski definition) is 1. The molecule has 2 N–H and O–H groups in total. The number of aryl methyl sites for hydroxylation is 2. The van der Waals surface area contributed by atoms with Gasteiger partial charge >= 0.3 is 0 Å². The first kappa shape index (κ1) is 16.9. The number of para-hydroxylation sites is 1. The van der Waals surface area contributed by atoms with Crippen LogP contribution in [0.25, 0.3) is 44.5 Å². The third kappa shape index (κ3) is 2.49. The first-order valence-electron chi connectivity index (χ1n) is 8.68. The molecular formula is C20H16BrN7. The zero-order valence-electron chi connectivity index (χ0n) is 15.3. The van der Waals surface area contributed by atoms with Gasteiger partial charge in [0.2, 0.25) is 5.95 Å². The Kier molecular flexibility index (Phi) is 3.70. The van der Waals surface area contributed by atoms with Crippen molar-refractivity contribution in [3.63, 3.8) is 0 Å². The van der Waals surface area contributed by atoms with Crippen LogP contribution in [-0.4, -0.2) is 29.3 Å². The van der Waals surface area contributed by atoms with E-state index in [0.29, 0.717) is 11.4 Å². The molecule has 5 aromatic rings. The molecule has 0 radical (unpaired) electrons. The van der Waals surface area contributed by atoms with Crippen LogP contribution >= 0.6 is 15.9 Å². The predicted octanol–water partition coefficient (Wildman–Crippen LogP) is 3.93. The van der Waals surface area contributed by atoms with E-state index < -0.39 is 0 Å². The summed E-state index contributed by atoms with van der Waals surface area (Å²) >= 11 is 3.51. The van der Waals surface area contributed by atoms with E-state index in [1.165, 1.54) is 0 Å². The topological polar surface area (TPSA) is 87.4 Å². The SMILES string of the molecule is Cn1cc(-c2nc(N)nnc2-c2cn(C)c3ncc(Br)cc23)c2ccccc21. The molecule has 0 spiro atoms. The summed E-state index contributed by atoms with van der Waals surface area (Å²) in [6, 6.07) is 10.2. The highest BCUT2D eigenvalue weighted by Gasteiger charge is 2.21. The van der Waals surface area contributed by atoms with Crippen LogP contribution in [0.4, 0.5) is 5.95 Å². The van der Waals surface area contributed by atoms with Crippen LogP contribution < -0.4 is 5.73 Å². The Morgan fingerprint density at radius 3 is 2.54 bits per heavy atom. The maximum absolute atomic E-state index is 5.92. The van der Waals surface area contributed by atoms with Crippen LogP contribution in [-0.2, 0) is 14.1 Å². The molecule has 1 aromatic carbocycles. The van der Waals surface area contributed by atoms with Gasteiger partial charge in [0, 0.05) is 64.6 Å². The van der Waals surface area contributed by atoms with Crippen molar-refractivity contribution < 1.29 is 0 Å². The van der Waals surface area contributed by atoms with E-state index in [1.807, 2.05) is 43.1 Å². The minimum absolute atomic E-state index is 0.145. The molecule has 4 aromatic heterocycles. The molecule has 8 heteroatoms. The number of halogens is 1. The Bertz CT molecular complexity index is 1370. The first-order chi connectivity index (χ1) is 13.5. The van der Waals surface area contributed by atoms with E-state index in [-0.39, 0.29) is 5.95 Å². The molecular weight excluding hydrogens is 418 g/mol. The molecule has 0 saturated heterocycles. The van der Waals surface area contributed by atoms with Gasteiger partial charge in [0.05, 0.1) is 0 Å². The van der Waals surface area contributed by atoms with Crippen LogP contribution in [0.15, 0.2) is 53.4 Å². The molecule has 0 saturated carbocycles. The van der Waals surface area contributed by atoms with Crippen molar-refractivity contribution in [3.05, 3.63) is 53.4 Å². The van der Waals surface area contributed by atoms with Gasteiger partial charge < -0.3 is 14.9 Å². The Hall–Kier alpha value is -3.26. The number of pyridine rings is 1. The molecule has 0 aliphatic heterocycles. The molecule has 5 rings (SSSR count). The van der Waals surface area contributed by atoms with Crippen LogP contribution in [0.5, 0.6) is 0 Å². The zero-order valence-corrected chi connectivity index (χ0v) is 16.8. The van der Waals surface area contributed by atoms with Crippen LogP contribution in [0.3, 0.4) is 0 Å². The van der Waals surface area contributed by atoms with Crippen molar-refractivity contribution >= 4 is 43.8 Å². The Labute approximate surface area is 169 Å². The largest absolute Gasteiger partial charge is 0.366 e. The molecule has 28 heavy (non-hydrogen) atoms. The highest BCUT2D eigenvalue weighted by molar-refractivity contribution is 9.10. The number of fused-ring (bicyclic) bond motifs is 2. The van der Waals surface area contributed by atoms with E-state index in [2.05, 4.69) is 59.0 Å². The fraction of sp³-hybridized carbons (Fsp3) is 0.100. The highest BCUT2D eigenvalue weighted by atomic mass is 79.9. The Morgan fingerprint density at radius 1 is 0.929 bits per heavy atom. The smallest absolute Gasteiger partial charge is 0.240 e. The molecule has 138 valence electrons. The zero-order chi connectivity index (χ0) is 19.4. The summed E-state index contributed by atoms with van der Waals surface area (Å²) in [5.74, 6) is 0.145. The summed E-state index contributed by atoms with van der Waals surface area (Å²) in [6.45, 7) is 0. The fourth-order valence-electron chi connectivity index (χ4n) is 3.66. The Morgan fingerprint density at radius 2 is 1.68 bits per heavy atom. The van der Waals surface area contributed by atoms with Crippen molar-refractivity contribution in [2.45, 2.75) is 0 Å². The van der Waals surface area contributed by atoms with Gasteiger partial charge in [0.15, 0.2) is 0 Å². The van der Waals surface area contributed by atoms with Crippen molar-refractivity contribution in [1.82, 2.24) is 29.3 Å². The summed E-state index contributed by atoms with van der Waals surface area (Å²) in [7, 11) is 3.98. The molecule has 0 fully saturated rings. The normalized spacial score (nSPS) is 11.5. The molecule has 0 amide bonds. The van der Waals surface area contributed by atoms with Gasteiger partial charge in [-0.3, -0.25) is 0 Å². The minimum Gasteiger partial charge on any atom is -0.366 e. The fourth-order valence-corrected chi connectivity index (χ4v) is 3.99. The Balaban J connectivity index is 1.85. The lowest BCUT2D eigenvalue weighted by atomic mass is 10.0. The van der Waals surface area contributed by atoms with Gasteiger partial charge in [0.25, 0.3) is 0 Å². The van der Waals surface area contributed by atoms with Crippen LogP contribution in [0, 0.1) is 0 Å².